The highest BCUT2D eigenvalue weighted by Gasteiger charge is 2.32. The standard InChI is InChI=1S/C23H29N3O4/c1-16-6-4-5-7-17(16)14-25-22(27)13-20-23(28)24-10-11-26(20)15-18-8-9-19(29-2)12-21(18)30-3/h4-9,12,20H,10-11,13-15H2,1-3H3,(H,24,28)(H,25,27)/t20-/m1/s1. The van der Waals surface area contributed by atoms with Crippen LogP contribution >= 0.6 is 0 Å². The van der Waals surface area contributed by atoms with Crippen molar-refractivity contribution in [3.8, 4) is 11.5 Å². The summed E-state index contributed by atoms with van der Waals surface area (Å²) in [5.41, 5.74) is 3.14. The van der Waals surface area contributed by atoms with Crippen LogP contribution in [0.25, 0.3) is 0 Å². The summed E-state index contributed by atoms with van der Waals surface area (Å²) < 4.78 is 10.7. The number of aryl methyl sites for hydroxylation is 1. The van der Waals surface area contributed by atoms with Crippen LogP contribution in [0.2, 0.25) is 0 Å². The van der Waals surface area contributed by atoms with Crippen LogP contribution in [-0.4, -0.2) is 50.1 Å². The van der Waals surface area contributed by atoms with E-state index in [4.69, 9.17) is 9.47 Å². The van der Waals surface area contributed by atoms with Crippen molar-refractivity contribution in [2.75, 3.05) is 27.3 Å². The molecule has 0 radical (unpaired) electrons. The molecular weight excluding hydrogens is 382 g/mol. The van der Waals surface area contributed by atoms with Crippen molar-refractivity contribution in [2.24, 2.45) is 0 Å². The predicted molar refractivity (Wildman–Crippen MR) is 114 cm³/mol. The number of carbonyl (C=O) groups excluding carboxylic acids is 2. The molecule has 1 aliphatic heterocycles. The normalized spacial score (nSPS) is 16.6. The first kappa shape index (κ1) is 21.6. The first-order valence-corrected chi connectivity index (χ1v) is 10.1. The summed E-state index contributed by atoms with van der Waals surface area (Å²) in [6.07, 6.45) is 0.107. The van der Waals surface area contributed by atoms with Gasteiger partial charge in [0.05, 0.1) is 26.7 Å². The van der Waals surface area contributed by atoms with Crippen molar-refractivity contribution < 1.29 is 19.1 Å². The van der Waals surface area contributed by atoms with Crippen molar-refractivity contribution in [3.63, 3.8) is 0 Å². The van der Waals surface area contributed by atoms with Crippen molar-refractivity contribution in [1.82, 2.24) is 15.5 Å². The van der Waals surface area contributed by atoms with E-state index in [-0.39, 0.29) is 18.2 Å². The van der Waals surface area contributed by atoms with Gasteiger partial charge in [0.15, 0.2) is 0 Å². The molecule has 2 aromatic rings. The van der Waals surface area contributed by atoms with E-state index in [1.807, 2.05) is 54.3 Å². The zero-order valence-electron chi connectivity index (χ0n) is 17.7. The van der Waals surface area contributed by atoms with E-state index in [9.17, 15) is 9.59 Å². The summed E-state index contributed by atoms with van der Waals surface area (Å²) in [5, 5.41) is 5.81. The molecule has 1 atom stereocenters. The molecule has 0 unspecified atom stereocenters. The molecule has 2 N–H and O–H groups in total. The molecule has 1 heterocycles. The number of nitrogens with zero attached hydrogens (tertiary/aromatic N) is 1. The first-order chi connectivity index (χ1) is 14.5. The Balaban J connectivity index is 1.67. The molecule has 0 aliphatic carbocycles. The highest BCUT2D eigenvalue weighted by Crippen LogP contribution is 2.27. The molecule has 1 saturated heterocycles. The minimum absolute atomic E-state index is 0.107. The summed E-state index contributed by atoms with van der Waals surface area (Å²) in [7, 11) is 3.21. The van der Waals surface area contributed by atoms with Gasteiger partial charge in [0.2, 0.25) is 11.8 Å². The third kappa shape index (κ3) is 5.30. The van der Waals surface area contributed by atoms with Crippen LogP contribution in [0.15, 0.2) is 42.5 Å². The molecule has 0 saturated carbocycles. The van der Waals surface area contributed by atoms with Gasteiger partial charge in [0.25, 0.3) is 0 Å². The van der Waals surface area contributed by atoms with Gasteiger partial charge >= 0.3 is 0 Å². The van der Waals surface area contributed by atoms with E-state index in [0.717, 1.165) is 16.7 Å². The highest BCUT2D eigenvalue weighted by atomic mass is 16.5. The lowest BCUT2D eigenvalue weighted by molar-refractivity contribution is -0.134. The van der Waals surface area contributed by atoms with E-state index in [2.05, 4.69) is 10.6 Å². The van der Waals surface area contributed by atoms with Crippen LogP contribution in [-0.2, 0) is 22.7 Å². The number of benzene rings is 2. The van der Waals surface area contributed by atoms with Crippen LogP contribution in [0.4, 0.5) is 0 Å². The summed E-state index contributed by atoms with van der Waals surface area (Å²) in [5.74, 6) is 1.13. The lowest BCUT2D eigenvalue weighted by Gasteiger charge is -2.35. The average Bonchev–Trinajstić information content (AvgIpc) is 2.75. The van der Waals surface area contributed by atoms with Gasteiger partial charge in [-0.1, -0.05) is 30.3 Å². The molecule has 7 nitrogen and oxygen atoms in total. The molecule has 30 heavy (non-hydrogen) atoms. The average molecular weight is 412 g/mol. The number of amides is 2. The Morgan fingerprint density at radius 1 is 1.17 bits per heavy atom. The molecule has 0 spiro atoms. The molecule has 0 bridgehead atoms. The Hall–Kier alpha value is -3.06. The smallest absolute Gasteiger partial charge is 0.237 e. The van der Waals surface area contributed by atoms with Crippen molar-refractivity contribution in [3.05, 3.63) is 59.2 Å². The number of carbonyl (C=O) groups is 2. The number of piperazine rings is 1. The van der Waals surface area contributed by atoms with Gasteiger partial charge in [-0.05, 0) is 24.1 Å². The molecule has 0 aromatic heterocycles. The van der Waals surface area contributed by atoms with E-state index < -0.39 is 6.04 Å². The van der Waals surface area contributed by atoms with Crippen LogP contribution in [0.3, 0.4) is 0 Å². The fourth-order valence-electron chi connectivity index (χ4n) is 3.62. The maximum absolute atomic E-state index is 12.6. The number of ether oxygens (including phenoxy) is 2. The van der Waals surface area contributed by atoms with E-state index in [1.54, 1.807) is 14.2 Å². The number of methoxy groups -OCH3 is 2. The molecular formula is C23H29N3O4. The third-order valence-corrected chi connectivity index (χ3v) is 5.43. The number of rotatable bonds is 8. The third-order valence-electron chi connectivity index (χ3n) is 5.43. The predicted octanol–water partition coefficient (Wildman–Crippen LogP) is 2.02. The fraction of sp³-hybridized carbons (Fsp3) is 0.391. The number of hydrogen-bond donors (Lipinski definition) is 2. The van der Waals surface area contributed by atoms with Crippen LogP contribution in [0.5, 0.6) is 11.5 Å². The molecule has 2 amide bonds. The highest BCUT2D eigenvalue weighted by molar-refractivity contribution is 5.88. The molecule has 1 fully saturated rings. The maximum atomic E-state index is 12.6. The number of hydrogen-bond acceptors (Lipinski definition) is 5. The largest absolute Gasteiger partial charge is 0.497 e. The lowest BCUT2D eigenvalue weighted by Crippen LogP contribution is -2.56. The Kier molecular flexibility index (Phi) is 7.30. The maximum Gasteiger partial charge on any atom is 0.237 e. The van der Waals surface area contributed by atoms with Gasteiger partial charge in [0, 0.05) is 37.8 Å². The van der Waals surface area contributed by atoms with Gasteiger partial charge in [-0.15, -0.1) is 0 Å². The van der Waals surface area contributed by atoms with Crippen molar-refractivity contribution in [1.29, 1.82) is 0 Å². The van der Waals surface area contributed by atoms with Crippen molar-refractivity contribution in [2.45, 2.75) is 32.5 Å². The van der Waals surface area contributed by atoms with Gasteiger partial charge < -0.3 is 20.1 Å². The SMILES string of the molecule is COc1ccc(CN2CCNC(=O)[C@H]2CC(=O)NCc2ccccc2C)c(OC)c1. The zero-order chi connectivity index (χ0) is 21.5. The summed E-state index contributed by atoms with van der Waals surface area (Å²) in [6, 6.07) is 13.0. The molecule has 1 aliphatic rings. The summed E-state index contributed by atoms with van der Waals surface area (Å²) >= 11 is 0. The molecule has 2 aromatic carbocycles. The Labute approximate surface area is 177 Å². The second-order valence-corrected chi connectivity index (χ2v) is 7.36. The first-order valence-electron chi connectivity index (χ1n) is 10.1. The fourth-order valence-corrected chi connectivity index (χ4v) is 3.62. The van der Waals surface area contributed by atoms with Gasteiger partial charge in [0.1, 0.15) is 11.5 Å². The zero-order valence-corrected chi connectivity index (χ0v) is 17.7. The van der Waals surface area contributed by atoms with Crippen molar-refractivity contribution >= 4 is 11.8 Å². The molecule has 3 rings (SSSR count). The quantitative estimate of drug-likeness (QED) is 0.695. The minimum atomic E-state index is -0.526. The van der Waals surface area contributed by atoms with Crippen LogP contribution < -0.4 is 20.1 Å². The Morgan fingerprint density at radius 3 is 2.70 bits per heavy atom. The van der Waals surface area contributed by atoms with Gasteiger partial charge in [-0.25, -0.2) is 0 Å². The Morgan fingerprint density at radius 2 is 1.97 bits per heavy atom. The molecule has 7 heteroatoms. The second kappa shape index (κ2) is 10.1. The van der Waals surface area contributed by atoms with Crippen LogP contribution in [0.1, 0.15) is 23.1 Å². The van der Waals surface area contributed by atoms with Gasteiger partial charge in [-0.3, -0.25) is 14.5 Å². The van der Waals surface area contributed by atoms with E-state index in [0.29, 0.717) is 37.7 Å². The summed E-state index contributed by atoms with van der Waals surface area (Å²) in [6.45, 7) is 4.19. The monoisotopic (exact) mass is 411 g/mol. The lowest BCUT2D eigenvalue weighted by atomic mass is 10.1. The van der Waals surface area contributed by atoms with Gasteiger partial charge in [-0.2, -0.15) is 0 Å². The minimum Gasteiger partial charge on any atom is -0.497 e. The van der Waals surface area contributed by atoms with E-state index >= 15 is 0 Å². The number of nitrogens with one attached hydrogen (secondary N) is 2. The summed E-state index contributed by atoms with van der Waals surface area (Å²) in [4.78, 5) is 27.1. The van der Waals surface area contributed by atoms with Crippen LogP contribution in [0, 0.1) is 6.92 Å². The van der Waals surface area contributed by atoms with E-state index in [1.165, 1.54) is 0 Å². The topological polar surface area (TPSA) is 79.9 Å². The second-order valence-electron chi connectivity index (χ2n) is 7.36. The Bertz CT molecular complexity index is 900. The molecule has 160 valence electrons.